The molecule has 3 saturated heterocycles. The number of pyridine rings is 1. The van der Waals surface area contributed by atoms with E-state index in [-0.39, 0.29) is 16.7 Å². The summed E-state index contributed by atoms with van der Waals surface area (Å²) < 4.78 is 0. The van der Waals surface area contributed by atoms with Gasteiger partial charge in [0.2, 0.25) is 5.91 Å². The van der Waals surface area contributed by atoms with Crippen LogP contribution < -0.4 is 0 Å². The molecule has 3 aliphatic heterocycles. The number of amides is 2. The molecule has 6 heteroatoms. The molecular formula is C26H34N4O2. The predicted molar refractivity (Wildman–Crippen MR) is 125 cm³/mol. The molecule has 0 radical (unpaired) electrons. The van der Waals surface area contributed by atoms with Gasteiger partial charge in [-0.15, -0.1) is 0 Å². The fourth-order valence-corrected chi connectivity index (χ4v) is 6.55. The lowest BCUT2D eigenvalue weighted by molar-refractivity contribution is -0.141. The summed E-state index contributed by atoms with van der Waals surface area (Å²) in [6.45, 7) is 9.65. The molecule has 3 fully saturated rings. The van der Waals surface area contributed by atoms with Gasteiger partial charge in [-0.1, -0.05) is 32.0 Å². The number of carbonyl (C=O) groups is 2. The summed E-state index contributed by atoms with van der Waals surface area (Å²) in [5.41, 5.74) is 1.25. The molecule has 32 heavy (non-hydrogen) atoms. The van der Waals surface area contributed by atoms with E-state index in [9.17, 15) is 9.59 Å². The van der Waals surface area contributed by atoms with Gasteiger partial charge in [0.25, 0.3) is 5.91 Å². The molecule has 2 amide bonds. The predicted octanol–water partition coefficient (Wildman–Crippen LogP) is 3.28. The number of piperidine rings is 1. The van der Waals surface area contributed by atoms with E-state index in [1.165, 1.54) is 0 Å². The molecule has 170 valence electrons. The van der Waals surface area contributed by atoms with Crippen molar-refractivity contribution in [2.75, 3.05) is 46.3 Å². The van der Waals surface area contributed by atoms with Crippen LogP contribution in [0.25, 0.3) is 10.9 Å². The van der Waals surface area contributed by atoms with Gasteiger partial charge in [0.05, 0.1) is 16.5 Å². The van der Waals surface area contributed by atoms with E-state index < -0.39 is 0 Å². The van der Waals surface area contributed by atoms with E-state index in [1.54, 1.807) is 6.20 Å². The lowest BCUT2D eigenvalue weighted by atomic mass is 9.60. The van der Waals surface area contributed by atoms with Crippen molar-refractivity contribution in [2.45, 2.75) is 33.1 Å². The van der Waals surface area contributed by atoms with Crippen molar-refractivity contribution in [1.82, 2.24) is 19.7 Å². The van der Waals surface area contributed by atoms with Crippen LogP contribution >= 0.6 is 0 Å². The first-order valence-electron chi connectivity index (χ1n) is 12.0. The maximum atomic E-state index is 13.4. The van der Waals surface area contributed by atoms with Crippen LogP contribution in [0.1, 0.15) is 43.5 Å². The second kappa shape index (κ2) is 7.84. The Labute approximate surface area is 190 Å². The highest BCUT2D eigenvalue weighted by Gasteiger charge is 2.64. The fraction of sp³-hybridized carbons (Fsp3) is 0.577. The van der Waals surface area contributed by atoms with Crippen LogP contribution in [0.3, 0.4) is 0 Å². The summed E-state index contributed by atoms with van der Waals surface area (Å²) in [5.74, 6) is 0.958. The van der Waals surface area contributed by atoms with E-state index >= 15 is 0 Å². The number of fused-ring (bicyclic) bond motifs is 2. The van der Waals surface area contributed by atoms with Crippen molar-refractivity contribution in [3.63, 3.8) is 0 Å². The second-order valence-electron chi connectivity index (χ2n) is 10.6. The van der Waals surface area contributed by atoms with Crippen molar-refractivity contribution in [3.8, 4) is 0 Å². The SMILES string of the molecule is CC(C)CN1CC2(CCN(C(=O)c3cnc4ccccc4c3)CC2)C2(CCN(C)C2=O)C1. The maximum absolute atomic E-state index is 13.4. The summed E-state index contributed by atoms with van der Waals surface area (Å²) in [7, 11) is 1.95. The number of hydrogen-bond donors (Lipinski definition) is 0. The van der Waals surface area contributed by atoms with Gasteiger partial charge in [0, 0.05) is 63.3 Å². The minimum atomic E-state index is -0.281. The molecule has 1 atom stereocenters. The number of aromatic nitrogens is 1. The van der Waals surface area contributed by atoms with E-state index in [2.05, 4.69) is 23.7 Å². The largest absolute Gasteiger partial charge is 0.345 e. The van der Waals surface area contributed by atoms with Crippen molar-refractivity contribution in [1.29, 1.82) is 0 Å². The van der Waals surface area contributed by atoms with E-state index in [4.69, 9.17) is 0 Å². The van der Waals surface area contributed by atoms with Gasteiger partial charge < -0.3 is 14.7 Å². The first kappa shape index (κ1) is 21.4. The highest BCUT2D eigenvalue weighted by Crippen LogP contribution is 2.57. The Balaban J connectivity index is 1.36. The van der Waals surface area contributed by atoms with E-state index in [1.807, 2.05) is 47.2 Å². The average molecular weight is 435 g/mol. The van der Waals surface area contributed by atoms with Crippen LogP contribution in [0.2, 0.25) is 0 Å². The Morgan fingerprint density at radius 2 is 1.84 bits per heavy atom. The van der Waals surface area contributed by atoms with Crippen LogP contribution in [-0.2, 0) is 4.79 Å². The van der Waals surface area contributed by atoms with Crippen LogP contribution in [0.4, 0.5) is 0 Å². The van der Waals surface area contributed by atoms with E-state index in [0.717, 1.165) is 56.3 Å². The first-order chi connectivity index (χ1) is 15.3. The Hall–Kier alpha value is -2.47. The van der Waals surface area contributed by atoms with Gasteiger partial charge in [0.15, 0.2) is 0 Å². The summed E-state index contributed by atoms with van der Waals surface area (Å²) in [5, 5.41) is 0.991. The molecule has 5 rings (SSSR count). The quantitative estimate of drug-likeness (QED) is 0.744. The lowest BCUT2D eigenvalue weighted by Crippen LogP contribution is -2.53. The molecule has 4 heterocycles. The highest BCUT2D eigenvalue weighted by molar-refractivity contribution is 5.97. The first-order valence-corrected chi connectivity index (χ1v) is 12.0. The number of likely N-dealkylation sites (tertiary alicyclic amines) is 3. The molecule has 6 nitrogen and oxygen atoms in total. The number of carbonyl (C=O) groups excluding carboxylic acids is 2. The molecule has 0 bridgehead atoms. The standard InChI is InChI=1S/C26H34N4O2/c1-19(2)16-29-17-25(26(18-29)10-11-28(3)24(26)32)8-12-30(13-9-25)23(31)21-14-20-6-4-5-7-22(20)27-15-21/h4-7,14-15,19H,8-13,16-18H2,1-3H3. The smallest absolute Gasteiger partial charge is 0.255 e. The van der Waals surface area contributed by atoms with Crippen LogP contribution in [0, 0.1) is 16.7 Å². The molecule has 3 aliphatic rings. The molecule has 2 spiro atoms. The van der Waals surface area contributed by atoms with Crippen LogP contribution in [-0.4, -0.2) is 77.8 Å². The fourth-order valence-electron chi connectivity index (χ4n) is 6.55. The summed E-state index contributed by atoms with van der Waals surface area (Å²) in [6, 6.07) is 9.85. The number of benzene rings is 1. The second-order valence-corrected chi connectivity index (χ2v) is 10.6. The minimum absolute atomic E-state index is 0.0256. The van der Waals surface area contributed by atoms with Gasteiger partial charge in [-0.2, -0.15) is 0 Å². The lowest BCUT2D eigenvalue weighted by Gasteiger charge is -2.47. The van der Waals surface area contributed by atoms with Crippen molar-refractivity contribution in [3.05, 3.63) is 42.1 Å². The van der Waals surface area contributed by atoms with Crippen LogP contribution in [0.15, 0.2) is 36.5 Å². The molecule has 1 aromatic carbocycles. The third-order valence-corrected chi connectivity index (χ3v) is 8.13. The maximum Gasteiger partial charge on any atom is 0.255 e. The third-order valence-electron chi connectivity index (χ3n) is 8.13. The molecule has 0 saturated carbocycles. The highest BCUT2D eigenvalue weighted by atomic mass is 16.2. The average Bonchev–Trinajstić information content (AvgIpc) is 3.24. The number of nitrogens with zero attached hydrogens (tertiary/aromatic N) is 4. The zero-order chi connectivity index (χ0) is 22.5. The Bertz CT molecular complexity index is 1040. The van der Waals surface area contributed by atoms with Gasteiger partial charge in [0.1, 0.15) is 0 Å². The zero-order valence-corrected chi connectivity index (χ0v) is 19.5. The minimum Gasteiger partial charge on any atom is -0.345 e. The summed E-state index contributed by atoms with van der Waals surface area (Å²) in [6.07, 6.45) is 4.44. The summed E-state index contributed by atoms with van der Waals surface area (Å²) >= 11 is 0. The molecule has 1 aromatic heterocycles. The molecule has 1 unspecified atom stereocenters. The number of para-hydroxylation sites is 1. The zero-order valence-electron chi connectivity index (χ0n) is 19.5. The Morgan fingerprint density at radius 1 is 1.09 bits per heavy atom. The Kier molecular flexibility index (Phi) is 5.24. The molecule has 0 N–H and O–H groups in total. The third kappa shape index (κ3) is 3.31. The van der Waals surface area contributed by atoms with Gasteiger partial charge in [-0.05, 0) is 37.3 Å². The van der Waals surface area contributed by atoms with Gasteiger partial charge in [-0.25, -0.2) is 0 Å². The van der Waals surface area contributed by atoms with Gasteiger partial charge >= 0.3 is 0 Å². The van der Waals surface area contributed by atoms with Crippen molar-refractivity contribution in [2.24, 2.45) is 16.7 Å². The topological polar surface area (TPSA) is 56.8 Å². The van der Waals surface area contributed by atoms with Crippen molar-refractivity contribution < 1.29 is 9.59 Å². The Morgan fingerprint density at radius 3 is 2.53 bits per heavy atom. The van der Waals surface area contributed by atoms with Gasteiger partial charge in [-0.3, -0.25) is 14.6 Å². The van der Waals surface area contributed by atoms with Crippen LogP contribution in [0.5, 0.6) is 0 Å². The van der Waals surface area contributed by atoms with Crippen molar-refractivity contribution >= 4 is 22.7 Å². The molecular weight excluding hydrogens is 400 g/mol. The molecule has 2 aromatic rings. The van der Waals surface area contributed by atoms with E-state index in [0.29, 0.717) is 30.5 Å². The monoisotopic (exact) mass is 434 g/mol. The summed E-state index contributed by atoms with van der Waals surface area (Å²) in [4.78, 5) is 37.6. The molecule has 0 aliphatic carbocycles. The number of rotatable bonds is 3. The number of hydrogen-bond acceptors (Lipinski definition) is 4. The normalized spacial score (nSPS) is 25.7.